The Morgan fingerprint density at radius 1 is 1.19 bits per heavy atom. The third-order valence-electron chi connectivity index (χ3n) is 4.92. The number of hydrogen-bond donors (Lipinski definition) is 2. The van der Waals surface area contributed by atoms with Gasteiger partial charge in [-0.25, -0.2) is 0 Å². The van der Waals surface area contributed by atoms with Gasteiger partial charge in [-0.2, -0.15) is 0 Å². The number of amides is 1. The second-order valence-electron chi connectivity index (χ2n) is 6.90. The van der Waals surface area contributed by atoms with Gasteiger partial charge in [0.15, 0.2) is 0 Å². The molecule has 6 nitrogen and oxygen atoms in total. The number of carboxylic acid groups (broad SMARTS) is 1. The summed E-state index contributed by atoms with van der Waals surface area (Å²) in [6.07, 6.45) is 0.917. The lowest BCUT2D eigenvalue weighted by molar-refractivity contribution is -0.140. The van der Waals surface area contributed by atoms with Crippen molar-refractivity contribution in [3.63, 3.8) is 0 Å². The fourth-order valence-corrected chi connectivity index (χ4v) is 3.28. The Balaban J connectivity index is 1.63. The molecule has 1 aliphatic heterocycles. The van der Waals surface area contributed by atoms with Crippen LogP contribution in [0.25, 0.3) is 0 Å². The lowest BCUT2D eigenvalue weighted by Crippen LogP contribution is -2.45. The predicted molar refractivity (Wildman–Crippen MR) is 80.0 cm³/mol. The maximum Gasteiger partial charge on any atom is 0.307 e. The molecular weight excluding hydrogens is 270 g/mol. The van der Waals surface area contributed by atoms with E-state index in [4.69, 9.17) is 5.11 Å². The molecule has 0 spiro atoms. The van der Waals surface area contributed by atoms with Crippen LogP contribution in [0.3, 0.4) is 0 Å². The number of aliphatic carboxylic acids is 1. The second-order valence-corrected chi connectivity index (χ2v) is 6.90. The summed E-state index contributed by atoms with van der Waals surface area (Å²) >= 11 is 0. The van der Waals surface area contributed by atoms with Crippen LogP contribution < -0.4 is 5.32 Å². The van der Waals surface area contributed by atoms with Crippen LogP contribution in [0, 0.1) is 17.3 Å². The molecule has 2 aliphatic rings. The first kappa shape index (κ1) is 16.2. The van der Waals surface area contributed by atoms with Crippen molar-refractivity contribution in [1.82, 2.24) is 15.1 Å². The van der Waals surface area contributed by atoms with E-state index in [1.54, 1.807) is 0 Å². The number of rotatable bonds is 6. The number of nitrogens with zero attached hydrogens (tertiary/aromatic N) is 2. The van der Waals surface area contributed by atoms with Gasteiger partial charge in [-0.05, 0) is 25.4 Å². The quantitative estimate of drug-likeness (QED) is 0.680. The summed E-state index contributed by atoms with van der Waals surface area (Å²) in [6, 6.07) is 0. The Hall–Kier alpha value is -1.14. The molecule has 2 N–H and O–H groups in total. The first-order valence-electron chi connectivity index (χ1n) is 7.75. The van der Waals surface area contributed by atoms with Crippen molar-refractivity contribution >= 4 is 11.9 Å². The number of hydrogen-bond acceptors (Lipinski definition) is 4. The lowest BCUT2D eigenvalue weighted by atomic mass is 10.1. The van der Waals surface area contributed by atoms with E-state index in [2.05, 4.69) is 22.2 Å². The van der Waals surface area contributed by atoms with Crippen LogP contribution in [-0.4, -0.2) is 73.1 Å². The third kappa shape index (κ3) is 3.74. The monoisotopic (exact) mass is 297 g/mol. The van der Waals surface area contributed by atoms with Crippen molar-refractivity contribution < 1.29 is 14.7 Å². The number of carboxylic acids is 1. The molecule has 0 aromatic rings. The molecule has 2 fully saturated rings. The zero-order chi connectivity index (χ0) is 15.6. The summed E-state index contributed by atoms with van der Waals surface area (Å²) in [5.74, 6) is -1.88. The Kier molecular flexibility index (Phi) is 4.88. The van der Waals surface area contributed by atoms with Crippen molar-refractivity contribution in [1.29, 1.82) is 0 Å². The summed E-state index contributed by atoms with van der Waals surface area (Å²) < 4.78 is 0. The summed E-state index contributed by atoms with van der Waals surface area (Å²) in [6.45, 7) is 9.68. The zero-order valence-electron chi connectivity index (χ0n) is 13.3. The number of nitrogens with one attached hydrogen (secondary N) is 1. The predicted octanol–water partition coefficient (Wildman–Crippen LogP) is 0.0969. The number of likely N-dealkylation sites (N-methyl/N-ethyl adjacent to an activating group) is 1. The SMILES string of the molecule is CN1CCN(CCCNC(=O)[C@H]2[C@H](C(=O)O)C2(C)C)CC1. The van der Waals surface area contributed by atoms with Gasteiger partial charge in [0.05, 0.1) is 11.8 Å². The van der Waals surface area contributed by atoms with Crippen molar-refractivity contribution in [2.24, 2.45) is 17.3 Å². The van der Waals surface area contributed by atoms with E-state index in [9.17, 15) is 9.59 Å². The first-order valence-corrected chi connectivity index (χ1v) is 7.75. The van der Waals surface area contributed by atoms with Gasteiger partial charge in [0, 0.05) is 32.7 Å². The number of carbonyl (C=O) groups is 2. The first-order chi connectivity index (χ1) is 9.84. The fourth-order valence-electron chi connectivity index (χ4n) is 3.28. The van der Waals surface area contributed by atoms with E-state index in [1.165, 1.54) is 0 Å². The minimum Gasteiger partial charge on any atom is -0.481 e. The van der Waals surface area contributed by atoms with Gasteiger partial charge in [0.2, 0.25) is 5.91 Å². The van der Waals surface area contributed by atoms with Gasteiger partial charge in [0.25, 0.3) is 0 Å². The van der Waals surface area contributed by atoms with Gasteiger partial charge in [-0.1, -0.05) is 13.8 Å². The van der Waals surface area contributed by atoms with Crippen LogP contribution in [0.4, 0.5) is 0 Å². The molecule has 0 radical (unpaired) electrons. The van der Waals surface area contributed by atoms with E-state index in [0.717, 1.165) is 39.1 Å². The molecule has 0 aromatic carbocycles. The zero-order valence-corrected chi connectivity index (χ0v) is 13.3. The third-order valence-corrected chi connectivity index (χ3v) is 4.92. The standard InChI is InChI=1S/C15H27N3O3/c1-15(2)11(12(15)14(20)21)13(19)16-5-4-6-18-9-7-17(3)8-10-18/h11-12H,4-10H2,1-3H3,(H,16,19)(H,20,21)/t11-,12-/m1/s1. The van der Waals surface area contributed by atoms with E-state index in [-0.39, 0.29) is 11.8 Å². The van der Waals surface area contributed by atoms with Gasteiger partial charge < -0.3 is 20.2 Å². The Labute approximate surface area is 126 Å². The molecule has 120 valence electrons. The maximum atomic E-state index is 12.0. The van der Waals surface area contributed by atoms with E-state index < -0.39 is 17.3 Å². The van der Waals surface area contributed by atoms with E-state index in [1.807, 2.05) is 13.8 Å². The van der Waals surface area contributed by atoms with Crippen LogP contribution in [0.15, 0.2) is 0 Å². The molecule has 0 bridgehead atoms. The molecule has 0 unspecified atom stereocenters. The molecule has 1 saturated heterocycles. The van der Waals surface area contributed by atoms with Crippen LogP contribution >= 0.6 is 0 Å². The van der Waals surface area contributed by atoms with Crippen molar-refractivity contribution in [3.8, 4) is 0 Å². The van der Waals surface area contributed by atoms with Crippen molar-refractivity contribution in [3.05, 3.63) is 0 Å². The molecule has 1 saturated carbocycles. The van der Waals surface area contributed by atoms with Crippen molar-refractivity contribution in [2.45, 2.75) is 20.3 Å². The molecule has 2 rings (SSSR count). The minimum atomic E-state index is -0.863. The highest BCUT2D eigenvalue weighted by Gasteiger charge is 2.65. The Morgan fingerprint density at radius 2 is 1.81 bits per heavy atom. The smallest absolute Gasteiger partial charge is 0.307 e. The minimum absolute atomic E-state index is 0.106. The molecule has 21 heavy (non-hydrogen) atoms. The van der Waals surface area contributed by atoms with Crippen LogP contribution in [-0.2, 0) is 9.59 Å². The molecule has 0 aromatic heterocycles. The van der Waals surface area contributed by atoms with Crippen molar-refractivity contribution in [2.75, 3.05) is 46.3 Å². The molecule has 1 amide bonds. The van der Waals surface area contributed by atoms with Gasteiger partial charge in [-0.15, -0.1) is 0 Å². The molecule has 1 aliphatic carbocycles. The van der Waals surface area contributed by atoms with Gasteiger partial charge in [-0.3, -0.25) is 9.59 Å². The summed E-state index contributed by atoms with van der Waals surface area (Å²) in [5.41, 5.74) is -0.409. The van der Waals surface area contributed by atoms with E-state index >= 15 is 0 Å². The summed E-state index contributed by atoms with van der Waals surface area (Å²) in [5, 5.41) is 12.0. The van der Waals surface area contributed by atoms with Gasteiger partial charge in [0.1, 0.15) is 0 Å². The highest BCUT2D eigenvalue weighted by atomic mass is 16.4. The topological polar surface area (TPSA) is 72.9 Å². The normalized spacial score (nSPS) is 29.1. The lowest BCUT2D eigenvalue weighted by Gasteiger charge is -2.32. The van der Waals surface area contributed by atoms with Gasteiger partial charge >= 0.3 is 5.97 Å². The van der Waals surface area contributed by atoms with E-state index in [0.29, 0.717) is 6.54 Å². The number of piperazine rings is 1. The molecule has 6 heteroatoms. The maximum absolute atomic E-state index is 12.0. The Bertz CT molecular complexity index is 403. The van der Waals surface area contributed by atoms with Crippen LogP contribution in [0.2, 0.25) is 0 Å². The van der Waals surface area contributed by atoms with Crippen LogP contribution in [0.1, 0.15) is 20.3 Å². The molecular formula is C15H27N3O3. The largest absolute Gasteiger partial charge is 0.481 e. The Morgan fingerprint density at radius 3 is 2.33 bits per heavy atom. The average Bonchev–Trinajstić information content (AvgIpc) is 3.00. The highest BCUT2D eigenvalue weighted by Crippen LogP contribution is 2.58. The molecule has 1 heterocycles. The summed E-state index contributed by atoms with van der Waals surface area (Å²) in [7, 11) is 2.13. The van der Waals surface area contributed by atoms with Crippen LogP contribution in [0.5, 0.6) is 0 Å². The summed E-state index contributed by atoms with van der Waals surface area (Å²) in [4.78, 5) is 27.8. The highest BCUT2D eigenvalue weighted by molar-refractivity contribution is 5.91. The average molecular weight is 297 g/mol. The number of carbonyl (C=O) groups excluding carboxylic acids is 1. The second kappa shape index (κ2) is 6.32. The molecule has 2 atom stereocenters. The fraction of sp³-hybridized carbons (Fsp3) is 0.867.